The van der Waals surface area contributed by atoms with Gasteiger partial charge >= 0.3 is 0 Å². The zero-order valence-corrected chi connectivity index (χ0v) is 10.2. The van der Waals surface area contributed by atoms with Gasteiger partial charge in [0.2, 0.25) is 0 Å². The van der Waals surface area contributed by atoms with Gasteiger partial charge in [-0.3, -0.25) is 0 Å². The first-order valence-corrected chi connectivity index (χ1v) is 5.54. The van der Waals surface area contributed by atoms with Crippen LogP contribution in [0.1, 0.15) is 11.1 Å². The van der Waals surface area contributed by atoms with E-state index in [0.717, 1.165) is 11.1 Å². The lowest BCUT2D eigenvalue weighted by Crippen LogP contribution is -1.83. The van der Waals surface area contributed by atoms with Crippen molar-refractivity contribution >= 4 is 11.4 Å². The first-order chi connectivity index (χ1) is 8.65. The molecule has 0 aliphatic heterocycles. The van der Waals surface area contributed by atoms with E-state index in [9.17, 15) is 9.81 Å². The van der Waals surface area contributed by atoms with E-state index in [1.54, 1.807) is 24.3 Å². The number of benzene rings is 2. The summed E-state index contributed by atoms with van der Waals surface area (Å²) < 4.78 is 0. The molecular formula is C14H12N2O2. The maximum absolute atomic E-state index is 10.9. The van der Waals surface area contributed by atoms with Crippen molar-refractivity contribution < 1.29 is 0 Å². The van der Waals surface area contributed by atoms with Crippen molar-refractivity contribution in [2.24, 2.45) is 10.4 Å². The Bertz CT molecular complexity index is 566. The van der Waals surface area contributed by atoms with Crippen LogP contribution in [-0.4, -0.2) is 0 Å². The third kappa shape index (κ3) is 2.18. The van der Waals surface area contributed by atoms with E-state index in [4.69, 9.17) is 0 Å². The van der Waals surface area contributed by atoms with Crippen molar-refractivity contribution in [3.63, 3.8) is 0 Å². The Morgan fingerprint density at radius 2 is 1.11 bits per heavy atom. The van der Waals surface area contributed by atoms with Crippen LogP contribution in [0.25, 0.3) is 11.1 Å². The lowest BCUT2D eigenvalue weighted by Gasteiger charge is -2.07. The summed E-state index contributed by atoms with van der Waals surface area (Å²) in [6.07, 6.45) is 0. The molecule has 4 heteroatoms. The van der Waals surface area contributed by atoms with E-state index in [0.29, 0.717) is 22.5 Å². The molecule has 0 aromatic heterocycles. The highest BCUT2D eigenvalue weighted by molar-refractivity contribution is 5.84. The Morgan fingerprint density at radius 3 is 1.44 bits per heavy atom. The molecule has 4 nitrogen and oxygen atoms in total. The topological polar surface area (TPSA) is 58.9 Å². The normalized spacial score (nSPS) is 10.1. The van der Waals surface area contributed by atoms with Gasteiger partial charge in [0.15, 0.2) is 0 Å². The molecule has 0 spiro atoms. The Morgan fingerprint density at radius 1 is 0.722 bits per heavy atom. The Kier molecular flexibility index (Phi) is 3.28. The third-order valence-corrected chi connectivity index (χ3v) is 2.79. The van der Waals surface area contributed by atoms with Crippen molar-refractivity contribution in [2.45, 2.75) is 13.8 Å². The van der Waals surface area contributed by atoms with Crippen LogP contribution < -0.4 is 0 Å². The summed E-state index contributed by atoms with van der Waals surface area (Å²) in [5.41, 5.74) is 3.80. The molecule has 0 unspecified atom stereocenters. The zero-order valence-electron chi connectivity index (χ0n) is 10.2. The molecule has 2 aromatic carbocycles. The molecule has 0 fully saturated rings. The first-order valence-electron chi connectivity index (χ1n) is 5.54. The Hall–Kier alpha value is -2.36. The van der Waals surface area contributed by atoms with Gasteiger partial charge in [0.1, 0.15) is 11.4 Å². The van der Waals surface area contributed by atoms with Crippen LogP contribution in [0.2, 0.25) is 0 Å². The predicted octanol–water partition coefficient (Wildman–Crippen LogP) is 4.77. The molecule has 0 saturated carbocycles. The fraction of sp³-hybridized carbons (Fsp3) is 0.143. The Balaban J connectivity index is 2.68. The molecule has 0 aliphatic carbocycles. The third-order valence-electron chi connectivity index (χ3n) is 2.79. The van der Waals surface area contributed by atoms with E-state index >= 15 is 0 Å². The molecule has 0 bridgehead atoms. The quantitative estimate of drug-likeness (QED) is 0.725. The smallest absolute Gasteiger partial charge is 0.116 e. The van der Waals surface area contributed by atoms with Crippen molar-refractivity contribution in [1.29, 1.82) is 0 Å². The summed E-state index contributed by atoms with van der Waals surface area (Å²) >= 11 is 0. The van der Waals surface area contributed by atoms with E-state index in [1.165, 1.54) is 0 Å². The average molecular weight is 240 g/mol. The number of hydrogen-bond acceptors (Lipinski definition) is 4. The minimum atomic E-state index is 0.323. The lowest BCUT2D eigenvalue weighted by molar-refractivity contribution is 1.38. The fourth-order valence-corrected chi connectivity index (χ4v) is 1.89. The second kappa shape index (κ2) is 4.87. The van der Waals surface area contributed by atoms with Crippen LogP contribution >= 0.6 is 0 Å². The number of hydrogen-bond donors (Lipinski definition) is 0. The highest BCUT2D eigenvalue weighted by Crippen LogP contribution is 2.37. The van der Waals surface area contributed by atoms with Crippen molar-refractivity contribution in [3.05, 3.63) is 57.3 Å². The van der Waals surface area contributed by atoms with Crippen LogP contribution in [0, 0.1) is 23.7 Å². The molecule has 0 N–H and O–H groups in total. The van der Waals surface area contributed by atoms with Crippen LogP contribution in [-0.2, 0) is 0 Å². The number of nitroso groups, excluding NO2 is 2. The van der Waals surface area contributed by atoms with Gasteiger partial charge in [0.25, 0.3) is 0 Å². The number of rotatable bonds is 3. The Labute approximate surface area is 105 Å². The molecule has 0 saturated heterocycles. The van der Waals surface area contributed by atoms with Gasteiger partial charge in [-0.1, -0.05) is 24.3 Å². The summed E-state index contributed by atoms with van der Waals surface area (Å²) in [7, 11) is 0. The van der Waals surface area contributed by atoms with Crippen LogP contribution in [0.5, 0.6) is 0 Å². The zero-order chi connectivity index (χ0) is 13.1. The second-order valence-electron chi connectivity index (χ2n) is 4.22. The summed E-state index contributed by atoms with van der Waals surface area (Å²) in [6, 6.07) is 10.7. The second-order valence-corrected chi connectivity index (χ2v) is 4.22. The highest BCUT2D eigenvalue weighted by Gasteiger charge is 2.11. The number of aryl methyl sites for hydroxylation is 2. The van der Waals surface area contributed by atoms with E-state index < -0.39 is 0 Å². The minimum absolute atomic E-state index is 0.323. The van der Waals surface area contributed by atoms with Crippen molar-refractivity contribution in [3.8, 4) is 11.1 Å². The van der Waals surface area contributed by atoms with Crippen LogP contribution in [0.3, 0.4) is 0 Å². The molecule has 0 atom stereocenters. The monoisotopic (exact) mass is 240 g/mol. The molecular weight excluding hydrogens is 228 g/mol. The first kappa shape index (κ1) is 12.1. The molecule has 2 aromatic rings. The van der Waals surface area contributed by atoms with Crippen molar-refractivity contribution in [2.75, 3.05) is 0 Å². The van der Waals surface area contributed by atoms with Crippen molar-refractivity contribution in [1.82, 2.24) is 0 Å². The lowest BCUT2D eigenvalue weighted by atomic mass is 9.99. The summed E-state index contributed by atoms with van der Waals surface area (Å²) in [4.78, 5) is 21.7. The summed E-state index contributed by atoms with van der Waals surface area (Å²) in [6.45, 7) is 3.76. The van der Waals surface area contributed by atoms with E-state index in [2.05, 4.69) is 10.4 Å². The molecule has 2 rings (SSSR count). The molecule has 90 valence electrons. The van der Waals surface area contributed by atoms with E-state index in [1.807, 2.05) is 26.0 Å². The minimum Gasteiger partial charge on any atom is -0.145 e. The van der Waals surface area contributed by atoms with Gasteiger partial charge in [0, 0.05) is 11.1 Å². The largest absolute Gasteiger partial charge is 0.145 e. The standard InChI is InChI=1S/C14H12N2O2/c1-9-3-5-11(13(7-9)15-17)12-6-4-10(2)8-14(12)16-18/h3-8H,1-2H3. The number of nitrogens with zero attached hydrogens (tertiary/aromatic N) is 2. The molecule has 0 radical (unpaired) electrons. The van der Waals surface area contributed by atoms with Gasteiger partial charge in [-0.05, 0) is 47.5 Å². The van der Waals surface area contributed by atoms with Gasteiger partial charge in [0.05, 0.1) is 0 Å². The average Bonchev–Trinajstić information content (AvgIpc) is 2.38. The SMILES string of the molecule is Cc1ccc(-c2ccc(C)cc2N=O)c(N=O)c1. The maximum Gasteiger partial charge on any atom is 0.116 e. The molecule has 18 heavy (non-hydrogen) atoms. The van der Waals surface area contributed by atoms with Gasteiger partial charge in [-0.2, -0.15) is 0 Å². The van der Waals surface area contributed by atoms with Crippen LogP contribution in [0.15, 0.2) is 46.8 Å². The van der Waals surface area contributed by atoms with Gasteiger partial charge in [-0.15, -0.1) is 9.81 Å². The predicted molar refractivity (Wildman–Crippen MR) is 72.3 cm³/mol. The van der Waals surface area contributed by atoms with E-state index in [-0.39, 0.29) is 0 Å². The summed E-state index contributed by atoms with van der Waals surface area (Å²) in [5.74, 6) is 0. The van der Waals surface area contributed by atoms with Crippen LogP contribution in [0.4, 0.5) is 11.4 Å². The molecule has 0 heterocycles. The maximum atomic E-state index is 10.9. The highest BCUT2D eigenvalue weighted by atomic mass is 16.3. The van der Waals surface area contributed by atoms with Gasteiger partial charge < -0.3 is 0 Å². The van der Waals surface area contributed by atoms with Gasteiger partial charge in [-0.25, -0.2) is 0 Å². The molecule has 0 amide bonds. The fourth-order valence-electron chi connectivity index (χ4n) is 1.89. The molecule has 0 aliphatic rings. The summed E-state index contributed by atoms with van der Waals surface area (Å²) in [5, 5.41) is 6.02.